The van der Waals surface area contributed by atoms with Gasteiger partial charge in [-0.15, -0.1) is 11.3 Å². The quantitative estimate of drug-likeness (QED) is 0.815. The van der Waals surface area contributed by atoms with Crippen molar-refractivity contribution in [1.82, 2.24) is 4.98 Å². The van der Waals surface area contributed by atoms with E-state index in [9.17, 15) is 13.2 Å². The summed E-state index contributed by atoms with van der Waals surface area (Å²) in [6.07, 6.45) is -3.11. The second-order valence-corrected chi connectivity index (χ2v) is 4.47. The normalized spacial score (nSPS) is 11.6. The molecular weight excluding hydrogens is 266 g/mol. The maximum Gasteiger partial charge on any atom is 0.488 e. The summed E-state index contributed by atoms with van der Waals surface area (Å²) >= 11 is 1.17. The monoisotopic (exact) mass is 273 g/mol. The van der Waals surface area contributed by atoms with Crippen LogP contribution in [0, 0.1) is 0 Å². The van der Waals surface area contributed by atoms with Gasteiger partial charge >= 0.3 is 13.3 Å². The molecule has 0 radical (unpaired) electrons. The molecule has 2 aromatic rings. The molecule has 0 bridgehead atoms. The Morgan fingerprint density at radius 2 is 1.89 bits per heavy atom. The number of nitrogens with zero attached hydrogens (tertiary/aromatic N) is 1. The van der Waals surface area contributed by atoms with Crippen LogP contribution >= 0.6 is 11.3 Å². The van der Waals surface area contributed by atoms with Gasteiger partial charge in [0.2, 0.25) is 0 Å². The molecule has 3 nitrogen and oxygen atoms in total. The molecular formula is C10H7BF3NO2S. The van der Waals surface area contributed by atoms with Crippen molar-refractivity contribution >= 4 is 23.9 Å². The lowest BCUT2D eigenvalue weighted by molar-refractivity contribution is -0.137. The summed E-state index contributed by atoms with van der Waals surface area (Å²) in [5.41, 5.74) is 0.630. The number of benzene rings is 1. The number of hydrogen-bond acceptors (Lipinski definition) is 4. The van der Waals surface area contributed by atoms with Crippen LogP contribution in [0.4, 0.5) is 13.2 Å². The highest BCUT2D eigenvalue weighted by Gasteiger charge is 2.32. The van der Waals surface area contributed by atoms with Gasteiger partial charge in [0.1, 0.15) is 0 Å². The third kappa shape index (κ3) is 2.71. The van der Waals surface area contributed by atoms with E-state index in [0.29, 0.717) is 4.88 Å². The van der Waals surface area contributed by atoms with E-state index in [2.05, 4.69) is 4.98 Å². The standard InChI is InChI=1S/C10H7BF3NO2S/c12-10(13,14)7-1-6(9-4-15-5-18-9)2-8(3-7)11(16)17/h1-5,16-17H. The van der Waals surface area contributed by atoms with Gasteiger partial charge in [0.15, 0.2) is 0 Å². The molecule has 0 aliphatic rings. The predicted molar refractivity (Wildman–Crippen MR) is 62.4 cm³/mol. The zero-order valence-corrected chi connectivity index (χ0v) is 9.66. The summed E-state index contributed by atoms with van der Waals surface area (Å²) < 4.78 is 38.0. The van der Waals surface area contributed by atoms with Crippen LogP contribution in [-0.4, -0.2) is 22.2 Å². The van der Waals surface area contributed by atoms with Crippen LogP contribution in [0.2, 0.25) is 0 Å². The minimum absolute atomic E-state index is 0.201. The lowest BCUT2D eigenvalue weighted by Gasteiger charge is -2.11. The molecule has 0 spiro atoms. The second-order valence-electron chi connectivity index (χ2n) is 3.58. The van der Waals surface area contributed by atoms with Crippen molar-refractivity contribution in [2.75, 3.05) is 0 Å². The van der Waals surface area contributed by atoms with E-state index in [1.165, 1.54) is 29.1 Å². The summed E-state index contributed by atoms with van der Waals surface area (Å²) in [5.74, 6) is 0. The van der Waals surface area contributed by atoms with E-state index in [4.69, 9.17) is 10.0 Å². The van der Waals surface area contributed by atoms with Crippen molar-refractivity contribution in [3.63, 3.8) is 0 Å². The van der Waals surface area contributed by atoms with E-state index in [1.807, 2.05) is 0 Å². The Bertz CT molecular complexity index is 543. The topological polar surface area (TPSA) is 53.4 Å². The molecule has 1 aromatic carbocycles. The highest BCUT2D eigenvalue weighted by molar-refractivity contribution is 7.13. The Balaban J connectivity index is 2.57. The predicted octanol–water partition coefficient (Wildman–Crippen LogP) is 1.51. The SMILES string of the molecule is OB(O)c1cc(-c2cncs2)cc(C(F)(F)F)c1. The van der Waals surface area contributed by atoms with Gasteiger partial charge < -0.3 is 10.0 Å². The van der Waals surface area contributed by atoms with Crippen LogP contribution in [0.5, 0.6) is 0 Å². The highest BCUT2D eigenvalue weighted by atomic mass is 32.1. The van der Waals surface area contributed by atoms with Gasteiger partial charge in [-0.25, -0.2) is 0 Å². The highest BCUT2D eigenvalue weighted by Crippen LogP contribution is 2.32. The lowest BCUT2D eigenvalue weighted by atomic mass is 9.78. The molecule has 0 aliphatic heterocycles. The molecule has 2 rings (SSSR count). The maximum atomic E-state index is 12.7. The van der Waals surface area contributed by atoms with Gasteiger partial charge in [0, 0.05) is 6.20 Å². The van der Waals surface area contributed by atoms with Gasteiger partial charge in [-0.1, -0.05) is 12.1 Å². The number of hydrogen-bond donors (Lipinski definition) is 2. The minimum atomic E-state index is -4.54. The number of alkyl halides is 3. The molecule has 18 heavy (non-hydrogen) atoms. The molecule has 0 aliphatic carbocycles. The molecule has 94 valence electrons. The molecule has 1 heterocycles. The van der Waals surface area contributed by atoms with Crippen molar-refractivity contribution in [3.05, 3.63) is 35.5 Å². The number of aromatic nitrogens is 1. The fourth-order valence-electron chi connectivity index (χ4n) is 1.46. The maximum absolute atomic E-state index is 12.7. The first-order chi connectivity index (χ1) is 8.38. The summed E-state index contributed by atoms with van der Waals surface area (Å²) in [6.45, 7) is 0. The fourth-order valence-corrected chi connectivity index (χ4v) is 2.08. The molecule has 0 amide bonds. The number of halogens is 3. The fraction of sp³-hybridized carbons (Fsp3) is 0.100. The summed E-state index contributed by atoms with van der Waals surface area (Å²) in [6, 6.07) is 2.97. The molecule has 0 unspecified atom stereocenters. The average molecular weight is 273 g/mol. The van der Waals surface area contributed by atoms with E-state index >= 15 is 0 Å². The van der Waals surface area contributed by atoms with Gasteiger partial charge in [0.25, 0.3) is 0 Å². The van der Waals surface area contributed by atoms with Crippen molar-refractivity contribution in [3.8, 4) is 10.4 Å². The summed E-state index contributed by atoms with van der Waals surface area (Å²) in [7, 11) is -1.95. The van der Waals surface area contributed by atoms with Gasteiger partial charge in [-0.05, 0) is 17.1 Å². The Morgan fingerprint density at radius 1 is 1.17 bits per heavy atom. The Morgan fingerprint density at radius 3 is 2.39 bits per heavy atom. The number of rotatable bonds is 2. The van der Waals surface area contributed by atoms with E-state index in [1.54, 1.807) is 0 Å². The average Bonchev–Trinajstić information content (AvgIpc) is 2.80. The van der Waals surface area contributed by atoms with Crippen LogP contribution < -0.4 is 5.46 Å². The molecule has 8 heteroatoms. The molecule has 2 N–H and O–H groups in total. The Kier molecular flexibility index (Phi) is 3.42. The third-order valence-electron chi connectivity index (χ3n) is 2.30. The first-order valence-electron chi connectivity index (χ1n) is 4.85. The third-order valence-corrected chi connectivity index (χ3v) is 3.12. The Hall–Kier alpha value is -1.38. The molecule has 0 saturated heterocycles. The van der Waals surface area contributed by atoms with Crippen LogP contribution in [0.15, 0.2) is 29.9 Å². The van der Waals surface area contributed by atoms with Crippen LogP contribution in [0.25, 0.3) is 10.4 Å². The molecule has 0 atom stereocenters. The first-order valence-corrected chi connectivity index (χ1v) is 5.73. The van der Waals surface area contributed by atoms with Gasteiger partial charge in [-0.2, -0.15) is 13.2 Å². The smallest absolute Gasteiger partial charge is 0.423 e. The molecule has 0 fully saturated rings. The van der Waals surface area contributed by atoms with Gasteiger partial charge in [-0.3, -0.25) is 4.98 Å². The van der Waals surface area contributed by atoms with Crippen molar-refractivity contribution in [2.45, 2.75) is 6.18 Å². The zero-order chi connectivity index (χ0) is 13.3. The largest absolute Gasteiger partial charge is 0.488 e. The molecule has 1 aromatic heterocycles. The summed E-state index contributed by atoms with van der Waals surface area (Å²) in [5, 5.41) is 18.0. The van der Waals surface area contributed by atoms with E-state index in [-0.39, 0.29) is 11.0 Å². The van der Waals surface area contributed by atoms with Crippen LogP contribution in [0.1, 0.15) is 5.56 Å². The van der Waals surface area contributed by atoms with Crippen molar-refractivity contribution in [1.29, 1.82) is 0 Å². The Labute approximate surface area is 105 Å². The number of thiazole rings is 1. The van der Waals surface area contributed by atoms with Crippen LogP contribution in [0.3, 0.4) is 0 Å². The zero-order valence-electron chi connectivity index (χ0n) is 8.85. The lowest BCUT2D eigenvalue weighted by Crippen LogP contribution is -2.31. The first kappa shape index (κ1) is 13.1. The van der Waals surface area contributed by atoms with E-state index in [0.717, 1.165) is 12.1 Å². The van der Waals surface area contributed by atoms with E-state index < -0.39 is 18.9 Å². The van der Waals surface area contributed by atoms with Gasteiger partial charge in [0.05, 0.1) is 16.0 Å². The second kappa shape index (κ2) is 4.71. The minimum Gasteiger partial charge on any atom is -0.423 e. The van der Waals surface area contributed by atoms with Crippen molar-refractivity contribution < 1.29 is 23.2 Å². The van der Waals surface area contributed by atoms with Crippen LogP contribution in [-0.2, 0) is 6.18 Å². The summed E-state index contributed by atoms with van der Waals surface area (Å²) in [4.78, 5) is 4.31. The van der Waals surface area contributed by atoms with Crippen molar-refractivity contribution in [2.24, 2.45) is 0 Å². The molecule has 0 saturated carbocycles.